The van der Waals surface area contributed by atoms with E-state index in [9.17, 15) is 14.0 Å². The van der Waals surface area contributed by atoms with Crippen molar-refractivity contribution in [1.82, 2.24) is 15.1 Å². The minimum Gasteiger partial charge on any atom is -0.497 e. The molecule has 0 aliphatic carbocycles. The van der Waals surface area contributed by atoms with Crippen LogP contribution in [0, 0.1) is 5.82 Å². The fourth-order valence-corrected chi connectivity index (χ4v) is 3.71. The number of benzene rings is 2. The van der Waals surface area contributed by atoms with Crippen LogP contribution in [0.3, 0.4) is 0 Å². The fraction of sp³-hybridized carbons (Fsp3) is 0.273. The molecule has 0 atom stereocenters. The Hall–Kier alpha value is -3.33. The molecule has 9 heteroatoms. The molecular formula is C22H23FN4O3S. The third-order valence-electron chi connectivity index (χ3n) is 4.48. The van der Waals surface area contributed by atoms with E-state index in [2.05, 4.69) is 15.5 Å². The monoisotopic (exact) mass is 442 g/mol. The van der Waals surface area contributed by atoms with Crippen molar-refractivity contribution in [3.05, 3.63) is 59.9 Å². The first-order valence-corrected chi connectivity index (χ1v) is 10.6. The molecule has 7 nitrogen and oxygen atoms in total. The zero-order valence-electron chi connectivity index (χ0n) is 17.3. The number of carbonyl (C=O) groups excluding carboxylic acids is 2. The molecule has 0 aliphatic heterocycles. The lowest BCUT2D eigenvalue weighted by Crippen LogP contribution is -2.35. The highest BCUT2D eigenvalue weighted by atomic mass is 32.1. The predicted octanol–water partition coefficient (Wildman–Crippen LogP) is 4.23. The lowest BCUT2D eigenvalue weighted by atomic mass is 10.1. The molecule has 1 N–H and O–H groups in total. The van der Waals surface area contributed by atoms with Crippen LogP contribution in [0.1, 0.15) is 30.1 Å². The average molecular weight is 443 g/mol. The van der Waals surface area contributed by atoms with Crippen LogP contribution in [-0.2, 0) is 4.79 Å². The van der Waals surface area contributed by atoms with Crippen LogP contribution in [0.2, 0.25) is 0 Å². The minimum absolute atomic E-state index is 0.00316. The number of methoxy groups -OCH3 is 1. The van der Waals surface area contributed by atoms with Crippen molar-refractivity contribution in [1.29, 1.82) is 0 Å². The molecule has 1 aromatic heterocycles. The van der Waals surface area contributed by atoms with Crippen LogP contribution in [0.4, 0.5) is 9.52 Å². The van der Waals surface area contributed by atoms with E-state index in [4.69, 9.17) is 4.74 Å². The maximum absolute atomic E-state index is 14.0. The van der Waals surface area contributed by atoms with Crippen LogP contribution in [0.15, 0.2) is 48.5 Å². The highest BCUT2D eigenvalue weighted by Gasteiger charge is 2.19. The Morgan fingerprint density at radius 3 is 2.68 bits per heavy atom. The van der Waals surface area contributed by atoms with Gasteiger partial charge in [-0.15, -0.1) is 10.2 Å². The first-order valence-electron chi connectivity index (χ1n) is 9.83. The van der Waals surface area contributed by atoms with Crippen molar-refractivity contribution < 1.29 is 18.7 Å². The summed E-state index contributed by atoms with van der Waals surface area (Å²) in [6.45, 7) is 2.52. The van der Waals surface area contributed by atoms with Gasteiger partial charge in [-0.05, 0) is 30.7 Å². The molecule has 0 saturated carbocycles. The first kappa shape index (κ1) is 22.4. The van der Waals surface area contributed by atoms with Crippen molar-refractivity contribution in [2.24, 2.45) is 0 Å². The molecule has 2 amide bonds. The summed E-state index contributed by atoms with van der Waals surface area (Å²) in [5.41, 5.74) is 0.838. The Morgan fingerprint density at radius 1 is 1.13 bits per heavy atom. The second-order valence-corrected chi connectivity index (χ2v) is 7.69. The van der Waals surface area contributed by atoms with Gasteiger partial charge in [-0.25, -0.2) is 4.39 Å². The highest BCUT2D eigenvalue weighted by molar-refractivity contribution is 7.18. The van der Waals surface area contributed by atoms with E-state index in [-0.39, 0.29) is 24.4 Å². The molecule has 1 heterocycles. The number of aromatic nitrogens is 2. The number of carbonyl (C=O) groups is 2. The number of ether oxygens (including phenoxy) is 1. The number of anilines is 1. The number of halogens is 1. The van der Waals surface area contributed by atoms with Gasteiger partial charge in [0.2, 0.25) is 11.0 Å². The van der Waals surface area contributed by atoms with E-state index in [0.29, 0.717) is 28.9 Å². The second-order valence-electron chi connectivity index (χ2n) is 6.71. The molecule has 0 unspecified atom stereocenters. The predicted molar refractivity (Wildman–Crippen MR) is 118 cm³/mol. The summed E-state index contributed by atoms with van der Waals surface area (Å²) in [6.07, 6.45) is 0.760. The summed E-state index contributed by atoms with van der Waals surface area (Å²) < 4.78 is 19.2. The molecule has 0 fully saturated rings. The van der Waals surface area contributed by atoms with Crippen molar-refractivity contribution in [2.45, 2.75) is 19.8 Å². The van der Waals surface area contributed by atoms with Crippen molar-refractivity contribution in [3.8, 4) is 16.3 Å². The number of hydrogen-bond donors (Lipinski definition) is 1. The molecule has 0 radical (unpaired) electrons. The van der Waals surface area contributed by atoms with Gasteiger partial charge >= 0.3 is 0 Å². The Kier molecular flexibility index (Phi) is 7.66. The molecule has 162 valence electrons. The smallest absolute Gasteiger partial charge is 0.256 e. The average Bonchev–Trinajstić information content (AvgIpc) is 3.25. The van der Waals surface area contributed by atoms with E-state index in [1.54, 1.807) is 13.2 Å². The Labute approximate surface area is 183 Å². The molecule has 0 aliphatic rings. The molecule has 31 heavy (non-hydrogen) atoms. The molecule has 3 rings (SSSR count). The van der Waals surface area contributed by atoms with Gasteiger partial charge in [0.15, 0.2) is 0 Å². The Bertz CT molecular complexity index is 1060. The third kappa shape index (κ3) is 5.85. The SMILES string of the molecule is CCCN(CCC(=O)Nc1nnc(-c2cccc(OC)c2)s1)C(=O)c1ccccc1F. The van der Waals surface area contributed by atoms with Crippen molar-refractivity contribution >= 4 is 28.3 Å². The largest absolute Gasteiger partial charge is 0.497 e. The molecule has 0 bridgehead atoms. The Balaban J connectivity index is 1.60. The van der Waals surface area contributed by atoms with Crippen LogP contribution >= 0.6 is 11.3 Å². The molecule has 2 aromatic carbocycles. The molecule has 0 saturated heterocycles. The number of rotatable bonds is 9. The normalized spacial score (nSPS) is 10.5. The quantitative estimate of drug-likeness (QED) is 0.536. The van der Waals surface area contributed by atoms with E-state index in [1.165, 1.54) is 34.4 Å². The molecule has 0 spiro atoms. The number of nitrogens with one attached hydrogen (secondary N) is 1. The van der Waals surface area contributed by atoms with Gasteiger partial charge in [0.05, 0.1) is 12.7 Å². The molecular weight excluding hydrogens is 419 g/mol. The summed E-state index contributed by atoms with van der Waals surface area (Å²) in [4.78, 5) is 26.5. The van der Waals surface area contributed by atoms with Gasteiger partial charge in [-0.1, -0.05) is 42.5 Å². The standard InChI is InChI=1S/C22H23FN4O3S/c1-3-12-27(21(29)17-9-4-5-10-18(17)23)13-11-19(28)24-22-26-25-20(31-22)15-7-6-8-16(14-15)30-2/h4-10,14H,3,11-13H2,1-2H3,(H,24,26,28). The first-order chi connectivity index (χ1) is 15.0. The summed E-state index contributed by atoms with van der Waals surface area (Å²) in [5, 5.41) is 11.8. The Morgan fingerprint density at radius 2 is 1.94 bits per heavy atom. The fourth-order valence-electron chi connectivity index (χ4n) is 2.95. The highest BCUT2D eigenvalue weighted by Crippen LogP contribution is 2.28. The van der Waals surface area contributed by atoms with E-state index in [1.807, 2.05) is 31.2 Å². The maximum atomic E-state index is 14.0. The molecule has 3 aromatic rings. The summed E-state index contributed by atoms with van der Waals surface area (Å²) in [6, 6.07) is 13.2. The van der Waals surface area contributed by atoms with Crippen molar-refractivity contribution in [3.63, 3.8) is 0 Å². The van der Waals surface area contributed by atoms with Gasteiger partial charge in [-0.2, -0.15) is 0 Å². The van der Waals surface area contributed by atoms with E-state index in [0.717, 1.165) is 5.56 Å². The zero-order chi connectivity index (χ0) is 22.2. The summed E-state index contributed by atoms with van der Waals surface area (Å²) >= 11 is 1.24. The second kappa shape index (κ2) is 10.6. The van der Waals surface area contributed by atoms with Gasteiger partial charge in [0.1, 0.15) is 16.6 Å². The van der Waals surface area contributed by atoms with E-state index >= 15 is 0 Å². The van der Waals surface area contributed by atoms with Crippen LogP contribution in [0.5, 0.6) is 5.75 Å². The third-order valence-corrected chi connectivity index (χ3v) is 5.37. The van der Waals surface area contributed by atoms with Gasteiger partial charge in [-0.3, -0.25) is 9.59 Å². The number of hydrogen-bond acceptors (Lipinski definition) is 6. The number of amides is 2. The van der Waals surface area contributed by atoms with Crippen LogP contribution < -0.4 is 10.1 Å². The van der Waals surface area contributed by atoms with Crippen LogP contribution in [-0.4, -0.2) is 47.1 Å². The van der Waals surface area contributed by atoms with Gasteiger partial charge in [0, 0.05) is 25.1 Å². The zero-order valence-corrected chi connectivity index (χ0v) is 18.1. The summed E-state index contributed by atoms with van der Waals surface area (Å²) in [5.74, 6) is -0.592. The lowest BCUT2D eigenvalue weighted by Gasteiger charge is -2.22. The van der Waals surface area contributed by atoms with Gasteiger partial charge in [0.25, 0.3) is 5.91 Å². The van der Waals surface area contributed by atoms with Crippen molar-refractivity contribution in [2.75, 3.05) is 25.5 Å². The lowest BCUT2D eigenvalue weighted by molar-refractivity contribution is -0.116. The minimum atomic E-state index is -0.572. The van der Waals surface area contributed by atoms with Crippen LogP contribution in [0.25, 0.3) is 10.6 Å². The van der Waals surface area contributed by atoms with Gasteiger partial charge < -0.3 is 15.0 Å². The maximum Gasteiger partial charge on any atom is 0.256 e. The summed E-state index contributed by atoms with van der Waals surface area (Å²) in [7, 11) is 1.59. The van der Waals surface area contributed by atoms with E-state index < -0.39 is 11.7 Å². The topological polar surface area (TPSA) is 84.4 Å². The number of nitrogens with zero attached hydrogens (tertiary/aromatic N) is 3.